The van der Waals surface area contributed by atoms with Crippen molar-refractivity contribution in [1.29, 1.82) is 0 Å². The van der Waals surface area contributed by atoms with Crippen LogP contribution in [0.15, 0.2) is 60.4 Å². The molecule has 170 valence electrons. The number of benzene rings is 2. The van der Waals surface area contributed by atoms with Crippen molar-refractivity contribution in [1.82, 2.24) is 15.2 Å². The van der Waals surface area contributed by atoms with Gasteiger partial charge >= 0.3 is 0 Å². The Balaban J connectivity index is 1.53. The molecule has 2 fully saturated rings. The quantitative estimate of drug-likeness (QED) is 0.560. The number of hydrogen-bond donors (Lipinski definition) is 2. The van der Waals surface area contributed by atoms with Crippen LogP contribution < -0.4 is 10.1 Å². The van der Waals surface area contributed by atoms with Gasteiger partial charge in [0.2, 0.25) is 0 Å². The number of amides is 2. The highest BCUT2D eigenvalue weighted by atomic mass is 16.5. The Morgan fingerprint density at radius 2 is 2.03 bits per heavy atom. The Kier molecular flexibility index (Phi) is 5.44. The number of rotatable bonds is 5. The molecule has 1 aliphatic carbocycles. The summed E-state index contributed by atoms with van der Waals surface area (Å²) in [6.45, 7) is 3.00. The van der Waals surface area contributed by atoms with Crippen LogP contribution in [0.1, 0.15) is 48.5 Å². The molecule has 0 radical (unpaired) electrons. The predicted molar refractivity (Wildman–Crippen MR) is 129 cm³/mol. The zero-order valence-electron chi connectivity index (χ0n) is 19.1. The number of aromatic nitrogens is 1. The Morgan fingerprint density at radius 1 is 1.21 bits per heavy atom. The van der Waals surface area contributed by atoms with Crippen molar-refractivity contribution >= 4 is 28.8 Å². The van der Waals surface area contributed by atoms with Crippen LogP contribution in [0.25, 0.3) is 17.0 Å². The van der Waals surface area contributed by atoms with Crippen LogP contribution in [-0.4, -0.2) is 41.4 Å². The maximum absolute atomic E-state index is 13.8. The monoisotopic (exact) mass is 443 g/mol. The average Bonchev–Trinajstić information content (AvgIpc) is 3.34. The number of H-pyrrole nitrogens is 1. The smallest absolute Gasteiger partial charge is 0.270 e. The van der Waals surface area contributed by atoms with Crippen molar-refractivity contribution in [2.75, 3.05) is 13.7 Å². The first kappa shape index (κ1) is 21.3. The second-order valence-corrected chi connectivity index (χ2v) is 9.53. The van der Waals surface area contributed by atoms with Crippen molar-refractivity contribution in [3.63, 3.8) is 0 Å². The molecule has 2 N–H and O–H groups in total. The van der Waals surface area contributed by atoms with E-state index in [1.807, 2.05) is 47.5 Å². The van der Waals surface area contributed by atoms with Gasteiger partial charge in [-0.25, -0.2) is 0 Å². The molecule has 33 heavy (non-hydrogen) atoms. The van der Waals surface area contributed by atoms with Crippen LogP contribution in [0.3, 0.4) is 0 Å². The number of carbonyl (C=O) groups excluding carboxylic acids is 2. The molecule has 2 aromatic carbocycles. The minimum Gasteiger partial charge on any atom is -0.497 e. The van der Waals surface area contributed by atoms with Gasteiger partial charge in [-0.05, 0) is 61.1 Å². The lowest BCUT2D eigenvalue weighted by Crippen LogP contribution is -2.41. The van der Waals surface area contributed by atoms with Crippen molar-refractivity contribution in [3.05, 3.63) is 71.6 Å². The molecular weight excluding hydrogens is 414 g/mol. The minimum absolute atomic E-state index is 0.118. The van der Waals surface area contributed by atoms with E-state index >= 15 is 0 Å². The Hall–Kier alpha value is -3.54. The second kappa shape index (κ2) is 8.43. The molecule has 2 heterocycles. The predicted octanol–water partition coefficient (Wildman–Crippen LogP) is 4.74. The lowest BCUT2D eigenvalue weighted by Gasteiger charge is -2.27. The average molecular weight is 444 g/mol. The Labute approximate surface area is 193 Å². The van der Waals surface area contributed by atoms with Gasteiger partial charge in [0.05, 0.1) is 7.11 Å². The molecule has 1 aliphatic heterocycles. The fourth-order valence-electron chi connectivity index (χ4n) is 5.34. The molecule has 2 bridgehead atoms. The van der Waals surface area contributed by atoms with E-state index < -0.39 is 0 Å². The highest BCUT2D eigenvalue weighted by molar-refractivity contribution is 6.06. The number of nitrogens with zero attached hydrogens (tertiary/aromatic N) is 1. The normalized spacial score (nSPS) is 22.4. The number of nitrogens with one attached hydrogen (secondary N) is 2. The van der Waals surface area contributed by atoms with Crippen LogP contribution in [0.4, 0.5) is 0 Å². The van der Waals surface area contributed by atoms with Crippen LogP contribution in [0, 0.1) is 5.41 Å². The molecule has 2 amide bonds. The lowest BCUT2D eigenvalue weighted by molar-refractivity contribution is -0.128. The summed E-state index contributed by atoms with van der Waals surface area (Å²) in [7, 11) is 1.63. The molecule has 5 rings (SSSR count). The van der Waals surface area contributed by atoms with Gasteiger partial charge in [-0.1, -0.05) is 31.5 Å². The first-order valence-corrected chi connectivity index (χ1v) is 11.5. The molecule has 0 spiro atoms. The molecule has 1 aromatic heterocycles. The molecule has 1 saturated carbocycles. The summed E-state index contributed by atoms with van der Waals surface area (Å²) in [5.74, 6) is 0.326. The van der Waals surface area contributed by atoms with E-state index in [1.54, 1.807) is 25.3 Å². The Morgan fingerprint density at radius 3 is 2.79 bits per heavy atom. The third-order valence-electron chi connectivity index (χ3n) is 7.04. The number of fused-ring (bicyclic) bond motifs is 3. The fraction of sp³-hybridized carbons (Fsp3) is 0.333. The second-order valence-electron chi connectivity index (χ2n) is 9.53. The highest BCUT2D eigenvalue weighted by Gasteiger charge is 2.45. The van der Waals surface area contributed by atoms with E-state index in [0.29, 0.717) is 11.3 Å². The van der Waals surface area contributed by atoms with E-state index in [2.05, 4.69) is 17.2 Å². The van der Waals surface area contributed by atoms with Gasteiger partial charge in [0.15, 0.2) is 0 Å². The zero-order valence-corrected chi connectivity index (χ0v) is 19.1. The minimum atomic E-state index is -0.291. The first-order chi connectivity index (χ1) is 16.0. The zero-order chi connectivity index (χ0) is 23.0. The van der Waals surface area contributed by atoms with Gasteiger partial charge in [-0.3, -0.25) is 9.59 Å². The molecule has 6 nitrogen and oxygen atoms in total. The van der Waals surface area contributed by atoms with Crippen LogP contribution >= 0.6 is 0 Å². The first-order valence-electron chi connectivity index (χ1n) is 11.5. The van der Waals surface area contributed by atoms with Crippen molar-refractivity contribution in [3.8, 4) is 5.75 Å². The van der Waals surface area contributed by atoms with Crippen molar-refractivity contribution in [2.45, 2.75) is 38.6 Å². The molecule has 6 heteroatoms. The maximum Gasteiger partial charge on any atom is 0.270 e. The molecular formula is C27H29N3O3. The van der Waals surface area contributed by atoms with E-state index in [1.165, 1.54) is 0 Å². The van der Waals surface area contributed by atoms with Crippen LogP contribution in [0.2, 0.25) is 0 Å². The molecule has 2 atom stereocenters. The summed E-state index contributed by atoms with van der Waals surface area (Å²) in [5.41, 5.74) is 2.75. The van der Waals surface area contributed by atoms with Crippen molar-refractivity contribution in [2.24, 2.45) is 5.41 Å². The summed E-state index contributed by atoms with van der Waals surface area (Å²) in [6, 6.07) is 15.0. The number of aromatic amines is 1. The number of carbonyl (C=O) groups is 2. The number of ether oxygens (including phenoxy) is 1. The molecule has 1 saturated heterocycles. The van der Waals surface area contributed by atoms with E-state index in [-0.39, 0.29) is 23.3 Å². The number of methoxy groups -OCH3 is 1. The Bertz CT molecular complexity index is 1230. The molecule has 2 aliphatic rings. The van der Waals surface area contributed by atoms with Gasteiger partial charge in [0, 0.05) is 40.8 Å². The lowest BCUT2D eigenvalue weighted by atomic mass is 9.78. The van der Waals surface area contributed by atoms with Crippen LogP contribution in [0.5, 0.6) is 5.75 Å². The van der Waals surface area contributed by atoms with Gasteiger partial charge in [0.25, 0.3) is 11.8 Å². The summed E-state index contributed by atoms with van der Waals surface area (Å²) < 4.78 is 5.38. The maximum atomic E-state index is 13.8. The van der Waals surface area contributed by atoms with Crippen LogP contribution in [-0.2, 0) is 4.79 Å². The number of hydrogen-bond acceptors (Lipinski definition) is 3. The SMILES string of the molecule is COc1ccc2[nH]cc(/C=C(\NC(=O)c3ccccc3)C(=O)N3CC4(C)CCCC3C4)c2c1. The third kappa shape index (κ3) is 4.13. The third-order valence-corrected chi connectivity index (χ3v) is 7.04. The summed E-state index contributed by atoms with van der Waals surface area (Å²) in [4.78, 5) is 32.0. The largest absolute Gasteiger partial charge is 0.497 e. The number of likely N-dealkylation sites (tertiary alicyclic amines) is 1. The highest BCUT2D eigenvalue weighted by Crippen LogP contribution is 2.45. The van der Waals surface area contributed by atoms with Gasteiger partial charge in [-0.2, -0.15) is 0 Å². The molecule has 2 unspecified atom stereocenters. The van der Waals surface area contributed by atoms with E-state index in [4.69, 9.17) is 4.74 Å². The van der Waals surface area contributed by atoms with E-state index in [9.17, 15) is 9.59 Å². The topological polar surface area (TPSA) is 74.4 Å². The summed E-state index contributed by atoms with van der Waals surface area (Å²) >= 11 is 0. The van der Waals surface area contributed by atoms with Gasteiger partial charge < -0.3 is 19.9 Å². The fourth-order valence-corrected chi connectivity index (χ4v) is 5.34. The molecule has 3 aromatic rings. The van der Waals surface area contributed by atoms with Gasteiger partial charge in [-0.15, -0.1) is 0 Å². The van der Waals surface area contributed by atoms with Crippen molar-refractivity contribution < 1.29 is 14.3 Å². The summed E-state index contributed by atoms with van der Waals surface area (Å²) in [6.07, 6.45) is 7.98. The van der Waals surface area contributed by atoms with E-state index in [0.717, 1.165) is 54.4 Å². The van der Waals surface area contributed by atoms with Gasteiger partial charge in [0.1, 0.15) is 11.4 Å². The standard InChI is InChI=1S/C27H29N3O3/c1-27-12-6-9-20(15-27)30(17-27)26(32)24(29-25(31)18-7-4-3-5-8-18)13-19-16-28-23-11-10-21(33-2)14-22(19)23/h3-5,7-8,10-11,13-14,16,20,28H,6,9,12,15,17H2,1-2H3,(H,29,31)/b24-13-. The summed E-state index contributed by atoms with van der Waals surface area (Å²) in [5, 5.41) is 3.85.